The minimum Gasteiger partial charge on any atom is -0.478 e. The molecule has 0 atom stereocenters. The van der Waals surface area contributed by atoms with Gasteiger partial charge in [0.2, 0.25) is 11.2 Å². The fourth-order valence-electron chi connectivity index (χ4n) is 1.04. The molecule has 0 aliphatic carbocycles. The number of halogens is 1. The Morgan fingerprint density at radius 3 is 2.53 bits per heavy atom. The Kier molecular flexibility index (Phi) is 3.91. The van der Waals surface area contributed by atoms with Crippen LogP contribution in [0.3, 0.4) is 0 Å². The summed E-state index contributed by atoms with van der Waals surface area (Å²) in [6.07, 6.45) is 0.980. The predicted molar refractivity (Wildman–Crippen MR) is 61.3 cm³/mol. The second-order valence-corrected chi connectivity index (χ2v) is 5.11. The first-order valence-corrected chi connectivity index (χ1v) is 5.39. The van der Waals surface area contributed by atoms with Gasteiger partial charge in [0.25, 0.3) is 0 Å². The molecule has 4 heteroatoms. The molecule has 1 aromatic heterocycles. The van der Waals surface area contributed by atoms with Crippen LogP contribution in [0.15, 0.2) is 6.07 Å². The Hall–Kier alpha value is -0.830. The molecule has 0 amide bonds. The second kappa shape index (κ2) is 4.79. The third-order valence-electron chi connectivity index (χ3n) is 1.91. The molecule has 3 nitrogen and oxygen atoms in total. The lowest BCUT2D eigenvalue weighted by Gasteiger charge is -2.17. The molecule has 1 heterocycles. The van der Waals surface area contributed by atoms with Crippen molar-refractivity contribution in [3.05, 3.63) is 17.0 Å². The van der Waals surface area contributed by atoms with E-state index in [9.17, 15) is 0 Å². The van der Waals surface area contributed by atoms with Crippen LogP contribution in [0, 0.1) is 12.3 Å². The average molecular weight is 229 g/mol. The molecule has 1 rings (SSSR count). The molecule has 0 aliphatic heterocycles. The number of aromatic nitrogens is 2. The lowest BCUT2D eigenvalue weighted by molar-refractivity contribution is 0.236. The van der Waals surface area contributed by atoms with Crippen molar-refractivity contribution in [1.29, 1.82) is 0 Å². The molecule has 15 heavy (non-hydrogen) atoms. The number of aryl methyl sites for hydroxylation is 1. The van der Waals surface area contributed by atoms with Gasteiger partial charge in [-0.1, -0.05) is 20.8 Å². The molecule has 0 fully saturated rings. The number of nitrogens with zero attached hydrogens (tertiary/aromatic N) is 2. The van der Waals surface area contributed by atoms with Gasteiger partial charge < -0.3 is 4.74 Å². The third kappa shape index (κ3) is 4.98. The van der Waals surface area contributed by atoms with Gasteiger partial charge in [0.1, 0.15) is 0 Å². The Morgan fingerprint density at radius 2 is 2.00 bits per heavy atom. The summed E-state index contributed by atoms with van der Waals surface area (Å²) in [5, 5.41) is 0.237. The maximum absolute atomic E-state index is 5.72. The largest absolute Gasteiger partial charge is 0.478 e. The summed E-state index contributed by atoms with van der Waals surface area (Å²) < 4.78 is 5.51. The monoisotopic (exact) mass is 228 g/mol. The van der Waals surface area contributed by atoms with Crippen LogP contribution < -0.4 is 4.74 Å². The lowest BCUT2D eigenvalue weighted by atomic mass is 9.93. The van der Waals surface area contributed by atoms with Crippen molar-refractivity contribution < 1.29 is 4.74 Å². The summed E-state index contributed by atoms with van der Waals surface area (Å²) in [6, 6.07) is 1.79. The van der Waals surface area contributed by atoms with Crippen molar-refractivity contribution >= 4 is 11.6 Å². The van der Waals surface area contributed by atoms with E-state index in [1.54, 1.807) is 6.07 Å². The SMILES string of the molecule is Cc1cc(OCCC(C)(C)C)nc(Cl)n1. The molecule has 0 saturated carbocycles. The summed E-state index contributed by atoms with van der Waals surface area (Å²) in [5.74, 6) is 0.553. The first kappa shape index (κ1) is 12.2. The molecule has 0 aliphatic rings. The van der Waals surface area contributed by atoms with Gasteiger partial charge in [-0.05, 0) is 30.4 Å². The number of rotatable bonds is 3. The minimum atomic E-state index is 0.237. The number of hydrogen-bond acceptors (Lipinski definition) is 3. The van der Waals surface area contributed by atoms with Gasteiger partial charge in [0.15, 0.2) is 0 Å². The van der Waals surface area contributed by atoms with Gasteiger partial charge >= 0.3 is 0 Å². The Morgan fingerprint density at radius 1 is 1.33 bits per heavy atom. The van der Waals surface area contributed by atoms with Crippen LogP contribution in [-0.4, -0.2) is 16.6 Å². The molecular weight excluding hydrogens is 212 g/mol. The molecule has 0 N–H and O–H groups in total. The van der Waals surface area contributed by atoms with Gasteiger partial charge in [-0.15, -0.1) is 0 Å². The quantitative estimate of drug-likeness (QED) is 0.745. The van der Waals surface area contributed by atoms with Crippen LogP contribution >= 0.6 is 11.6 Å². The van der Waals surface area contributed by atoms with E-state index in [0.29, 0.717) is 12.5 Å². The highest BCUT2D eigenvalue weighted by Crippen LogP contribution is 2.19. The summed E-state index contributed by atoms with van der Waals surface area (Å²) in [5.41, 5.74) is 1.09. The smallest absolute Gasteiger partial charge is 0.225 e. The molecule has 84 valence electrons. The van der Waals surface area contributed by atoms with Crippen LogP contribution in [0.25, 0.3) is 0 Å². The summed E-state index contributed by atoms with van der Waals surface area (Å²) in [7, 11) is 0. The Bertz CT molecular complexity index is 314. The zero-order chi connectivity index (χ0) is 11.5. The molecule has 0 unspecified atom stereocenters. The zero-order valence-corrected chi connectivity index (χ0v) is 10.4. The van der Waals surface area contributed by atoms with E-state index in [1.807, 2.05) is 6.92 Å². The molecule has 0 radical (unpaired) electrons. The maximum Gasteiger partial charge on any atom is 0.225 e. The zero-order valence-electron chi connectivity index (χ0n) is 9.67. The van der Waals surface area contributed by atoms with E-state index >= 15 is 0 Å². The molecular formula is C11H17ClN2O. The van der Waals surface area contributed by atoms with Crippen LogP contribution in [0.2, 0.25) is 5.28 Å². The van der Waals surface area contributed by atoms with Gasteiger partial charge in [-0.25, -0.2) is 4.98 Å². The highest BCUT2D eigenvalue weighted by atomic mass is 35.5. The molecule has 1 aromatic rings. The standard InChI is InChI=1S/C11H17ClN2O/c1-8-7-9(14-10(12)13-8)15-6-5-11(2,3)4/h7H,5-6H2,1-4H3. The van der Waals surface area contributed by atoms with E-state index in [1.165, 1.54) is 0 Å². The summed E-state index contributed by atoms with van der Waals surface area (Å²) >= 11 is 5.72. The first-order valence-electron chi connectivity index (χ1n) is 5.01. The molecule has 0 spiro atoms. The van der Waals surface area contributed by atoms with Crippen molar-refractivity contribution in [2.45, 2.75) is 34.1 Å². The van der Waals surface area contributed by atoms with Gasteiger partial charge in [0.05, 0.1) is 6.61 Å². The van der Waals surface area contributed by atoms with Gasteiger partial charge in [0, 0.05) is 11.8 Å². The van der Waals surface area contributed by atoms with Crippen molar-refractivity contribution in [2.24, 2.45) is 5.41 Å². The summed E-state index contributed by atoms with van der Waals surface area (Å²) in [4.78, 5) is 7.95. The number of ether oxygens (including phenoxy) is 1. The van der Waals surface area contributed by atoms with E-state index in [-0.39, 0.29) is 10.7 Å². The van der Waals surface area contributed by atoms with Crippen molar-refractivity contribution in [2.75, 3.05) is 6.61 Å². The lowest BCUT2D eigenvalue weighted by Crippen LogP contribution is -2.11. The van der Waals surface area contributed by atoms with Crippen molar-refractivity contribution in [1.82, 2.24) is 9.97 Å². The van der Waals surface area contributed by atoms with Gasteiger partial charge in [-0.2, -0.15) is 4.98 Å². The van der Waals surface area contributed by atoms with E-state index in [4.69, 9.17) is 16.3 Å². The summed E-state index contributed by atoms with van der Waals surface area (Å²) in [6.45, 7) is 9.04. The normalized spacial score (nSPS) is 11.5. The average Bonchev–Trinajstić information content (AvgIpc) is 1.99. The first-order chi connectivity index (χ1) is 6.87. The molecule has 0 aromatic carbocycles. The van der Waals surface area contributed by atoms with Crippen LogP contribution in [0.4, 0.5) is 0 Å². The topological polar surface area (TPSA) is 35.0 Å². The highest BCUT2D eigenvalue weighted by molar-refractivity contribution is 6.28. The minimum absolute atomic E-state index is 0.237. The van der Waals surface area contributed by atoms with Crippen LogP contribution in [-0.2, 0) is 0 Å². The predicted octanol–water partition coefficient (Wildman–Crippen LogP) is 3.25. The molecule has 0 bridgehead atoms. The fraction of sp³-hybridized carbons (Fsp3) is 0.636. The van der Waals surface area contributed by atoms with E-state index in [0.717, 1.165) is 12.1 Å². The highest BCUT2D eigenvalue weighted by Gasteiger charge is 2.10. The fourth-order valence-corrected chi connectivity index (χ4v) is 1.26. The maximum atomic E-state index is 5.72. The van der Waals surface area contributed by atoms with Crippen molar-refractivity contribution in [3.63, 3.8) is 0 Å². The van der Waals surface area contributed by atoms with Gasteiger partial charge in [-0.3, -0.25) is 0 Å². The molecule has 0 saturated heterocycles. The second-order valence-electron chi connectivity index (χ2n) is 4.78. The van der Waals surface area contributed by atoms with Crippen molar-refractivity contribution in [3.8, 4) is 5.88 Å². The van der Waals surface area contributed by atoms with E-state index < -0.39 is 0 Å². The number of hydrogen-bond donors (Lipinski definition) is 0. The Labute approximate surface area is 95.8 Å². The van der Waals surface area contributed by atoms with Crippen LogP contribution in [0.5, 0.6) is 5.88 Å². The van der Waals surface area contributed by atoms with Crippen LogP contribution in [0.1, 0.15) is 32.9 Å². The Balaban J connectivity index is 2.51. The third-order valence-corrected chi connectivity index (χ3v) is 2.07. The van der Waals surface area contributed by atoms with E-state index in [2.05, 4.69) is 30.7 Å².